The number of fused-ring (bicyclic) bond motifs is 2. The summed E-state index contributed by atoms with van der Waals surface area (Å²) in [5.74, 6) is 2.16. The lowest BCUT2D eigenvalue weighted by Crippen LogP contribution is -2.34. The second-order valence-corrected chi connectivity index (χ2v) is 15.0. The van der Waals surface area contributed by atoms with E-state index in [9.17, 15) is 0 Å². The van der Waals surface area contributed by atoms with Gasteiger partial charge in [-0.1, -0.05) is 82.3 Å². The monoisotopic (exact) mass is 670 g/mol. The summed E-state index contributed by atoms with van der Waals surface area (Å²) in [6.07, 6.45) is 6.51. The molecule has 0 saturated heterocycles. The van der Waals surface area contributed by atoms with Crippen LogP contribution in [0, 0.1) is 0 Å². The van der Waals surface area contributed by atoms with Gasteiger partial charge in [0.1, 0.15) is 14.1 Å². The molecule has 0 bridgehead atoms. The van der Waals surface area contributed by atoms with E-state index < -0.39 is 0 Å². The van der Waals surface area contributed by atoms with Crippen molar-refractivity contribution in [3.8, 4) is 0 Å². The largest absolute Gasteiger partial charge is 0.374 e. The van der Waals surface area contributed by atoms with E-state index in [2.05, 4.69) is 181 Å². The third-order valence-corrected chi connectivity index (χ3v) is 11.6. The molecule has 0 aliphatic carbocycles. The number of benzene rings is 4. The summed E-state index contributed by atoms with van der Waals surface area (Å²) in [7, 11) is 12.7. The second kappa shape index (κ2) is 16.2. The predicted molar refractivity (Wildman–Crippen MR) is 211 cm³/mol. The van der Waals surface area contributed by atoms with Crippen molar-refractivity contribution in [3.05, 3.63) is 144 Å². The molecular weight excluding hydrogens is 625 g/mol. The molecule has 4 aromatic carbocycles. The van der Waals surface area contributed by atoms with Gasteiger partial charge in [0.2, 0.25) is 16.7 Å². The van der Waals surface area contributed by atoms with Gasteiger partial charge in [-0.05, 0) is 60.0 Å². The van der Waals surface area contributed by atoms with Crippen LogP contribution in [0.15, 0.2) is 121 Å². The van der Waals surface area contributed by atoms with E-state index >= 15 is 0 Å². The lowest BCUT2D eigenvalue weighted by molar-refractivity contribution is -0.652. The third kappa shape index (κ3) is 8.05. The van der Waals surface area contributed by atoms with Crippen LogP contribution >= 0.6 is 21.6 Å². The maximum absolute atomic E-state index is 2.42. The summed E-state index contributed by atoms with van der Waals surface area (Å²) in [5, 5.41) is 2.54. The molecule has 0 fully saturated rings. The summed E-state index contributed by atoms with van der Waals surface area (Å²) >= 11 is 0. The molecule has 0 amide bonds. The van der Waals surface area contributed by atoms with Gasteiger partial charge in [-0.2, -0.15) is 9.13 Å². The number of aromatic nitrogens is 2. The molecule has 0 spiro atoms. The molecule has 0 N–H and O–H groups in total. The molecule has 0 radical (unpaired) electrons. The van der Waals surface area contributed by atoms with Gasteiger partial charge in [-0.3, -0.25) is 0 Å². The van der Waals surface area contributed by atoms with Crippen LogP contribution in [-0.2, 0) is 26.9 Å². The van der Waals surface area contributed by atoms with Crippen LogP contribution < -0.4 is 18.9 Å². The topological polar surface area (TPSA) is 14.2 Å². The Morgan fingerprint density at radius 2 is 1.10 bits per heavy atom. The minimum atomic E-state index is 0.997. The van der Waals surface area contributed by atoms with Crippen LogP contribution in [0.3, 0.4) is 0 Å². The van der Waals surface area contributed by atoms with Crippen molar-refractivity contribution in [2.45, 2.75) is 12.8 Å². The summed E-state index contributed by atoms with van der Waals surface area (Å²) in [6.45, 7) is 2.02. The average Bonchev–Trinajstić information content (AvgIpc) is 3.13. The van der Waals surface area contributed by atoms with Crippen molar-refractivity contribution in [2.24, 2.45) is 14.1 Å². The highest BCUT2D eigenvalue weighted by molar-refractivity contribution is 8.76. The molecule has 4 nitrogen and oxygen atoms in total. The van der Waals surface area contributed by atoms with E-state index in [0.29, 0.717) is 0 Å². The number of hydrogen-bond acceptors (Lipinski definition) is 4. The summed E-state index contributed by atoms with van der Waals surface area (Å²) in [5.41, 5.74) is 10.3. The predicted octanol–water partition coefficient (Wildman–Crippen LogP) is 8.55. The second-order valence-electron chi connectivity index (χ2n) is 12.3. The Balaban J connectivity index is 0.976. The smallest absolute Gasteiger partial charge is 0.212 e. The molecule has 2 aromatic heterocycles. The first-order valence-electron chi connectivity index (χ1n) is 16.8. The van der Waals surface area contributed by atoms with Crippen molar-refractivity contribution >= 4 is 66.9 Å². The van der Waals surface area contributed by atoms with E-state index in [1.54, 1.807) is 0 Å². The van der Waals surface area contributed by atoms with E-state index in [1.165, 1.54) is 55.7 Å². The Kier molecular flexibility index (Phi) is 11.4. The lowest BCUT2D eigenvalue weighted by atomic mass is 10.0. The normalized spacial score (nSPS) is 11.5. The Bertz CT molecular complexity index is 2020. The Hall–Kier alpha value is -4.26. The molecule has 0 unspecified atom stereocenters. The highest BCUT2D eigenvalue weighted by atomic mass is 33.1. The van der Waals surface area contributed by atoms with Gasteiger partial charge < -0.3 is 9.80 Å². The van der Waals surface area contributed by atoms with Crippen LogP contribution in [0.4, 0.5) is 11.4 Å². The maximum Gasteiger partial charge on any atom is 0.212 e. The lowest BCUT2D eigenvalue weighted by Gasteiger charge is -2.23. The molecular formula is C42H46N4S2+2. The average molecular weight is 671 g/mol. The van der Waals surface area contributed by atoms with Gasteiger partial charge in [-0.15, -0.1) is 0 Å². The molecule has 2 heterocycles. The Labute approximate surface area is 294 Å². The number of anilines is 2. The number of pyridine rings is 2. The number of nitrogens with zero attached hydrogens (tertiary/aromatic N) is 4. The molecule has 6 aromatic rings. The minimum absolute atomic E-state index is 0.997. The van der Waals surface area contributed by atoms with Crippen molar-refractivity contribution in [1.29, 1.82) is 0 Å². The van der Waals surface area contributed by atoms with Gasteiger partial charge in [-0.25, -0.2) is 0 Å². The zero-order valence-corrected chi connectivity index (χ0v) is 30.2. The molecule has 6 rings (SSSR count). The van der Waals surface area contributed by atoms with Crippen LogP contribution in [-0.4, -0.2) is 38.7 Å². The van der Waals surface area contributed by atoms with E-state index in [0.717, 1.165) is 37.4 Å². The standard InChI is InChI=1S/C42H46N4S2/c1-43(39-17-9-5-13-33(39)21-25-37-27-23-35-15-7-11-19-41(35)45(37)3)29-31-47-48-32-30-44(2)40-18-10-6-14-34(40)22-26-38-28-24-36-16-8-12-20-42(36)46(38)4/h5-21,23-25,27-28H,22,26,29-32H2,1-4H3/q+2. The zero-order chi connectivity index (χ0) is 33.3. The summed E-state index contributed by atoms with van der Waals surface area (Å²) in [6, 6.07) is 43.7. The van der Waals surface area contributed by atoms with Gasteiger partial charge in [0, 0.05) is 97.6 Å². The van der Waals surface area contributed by atoms with E-state index in [-0.39, 0.29) is 0 Å². The van der Waals surface area contributed by atoms with Crippen molar-refractivity contribution in [2.75, 3.05) is 48.5 Å². The van der Waals surface area contributed by atoms with Crippen LogP contribution in [0.1, 0.15) is 22.5 Å². The summed E-state index contributed by atoms with van der Waals surface area (Å²) < 4.78 is 4.60. The molecule has 0 aliphatic rings. The van der Waals surface area contributed by atoms with Crippen molar-refractivity contribution in [1.82, 2.24) is 0 Å². The first kappa shape index (κ1) is 33.6. The molecule has 0 atom stereocenters. The highest BCUT2D eigenvalue weighted by Crippen LogP contribution is 2.27. The van der Waals surface area contributed by atoms with Gasteiger partial charge in [0.05, 0.1) is 0 Å². The Morgan fingerprint density at radius 3 is 1.83 bits per heavy atom. The third-order valence-electron chi connectivity index (χ3n) is 9.24. The van der Waals surface area contributed by atoms with E-state index in [1.807, 2.05) is 21.6 Å². The minimum Gasteiger partial charge on any atom is -0.374 e. The number of rotatable bonds is 14. The zero-order valence-electron chi connectivity index (χ0n) is 28.5. The highest BCUT2D eigenvalue weighted by Gasteiger charge is 2.14. The van der Waals surface area contributed by atoms with Crippen molar-refractivity contribution < 1.29 is 9.13 Å². The quantitative estimate of drug-likeness (QED) is 0.0655. The Morgan fingerprint density at radius 1 is 0.542 bits per heavy atom. The molecule has 48 heavy (non-hydrogen) atoms. The maximum atomic E-state index is 2.42. The SMILES string of the molecule is CN(CCSSCCN(C)c1ccccc1CCc1ccc2ccccc2[n+]1C)c1ccccc1/C=C/c1ccc2ccccc2[n+]1C. The van der Waals surface area contributed by atoms with Crippen LogP contribution in [0.2, 0.25) is 0 Å². The molecule has 0 saturated carbocycles. The van der Waals surface area contributed by atoms with Gasteiger partial charge >= 0.3 is 0 Å². The number of para-hydroxylation sites is 4. The number of hydrogen-bond donors (Lipinski definition) is 0. The van der Waals surface area contributed by atoms with Crippen molar-refractivity contribution in [3.63, 3.8) is 0 Å². The molecule has 244 valence electrons. The fourth-order valence-electron chi connectivity index (χ4n) is 6.38. The summed E-state index contributed by atoms with van der Waals surface area (Å²) in [4.78, 5) is 4.80. The van der Waals surface area contributed by atoms with Gasteiger partial charge in [0.15, 0.2) is 5.69 Å². The molecule has 0 aliphatic heterocycles. The first-order valence-corrected chi connectivity index (χ1v) is 19.2. The fourth-order valence-corrected chi connectivity index (χ4v) is 8.47. The first-order chi connectivity index (χ1) is 23.5. The van der Waals surface area contributed by atoms with Gasteiger partial charge in [0.25, 0.3) is 0 Å². The van der Waals surface area contributed by atoms with Crippen LogP contribution in [0.25, 0.3) is 34.0 Å². The van der Waals surface area contributed by atoms with E-state index in [4.69, 9.17) is 0 Å². The van der Waals surface area contributed by atoms with Crippen LogP contribution in [0.5, 0.6) is 0 Å². The molecule has 6 heteroatoms. The fraction of sp³-hybridized carbons (Fsp3) is 0.238. The number of aryl methyl sites for hydroxylation is 4.